The summed E-state index contributed by atoms with van der Waals surface area (Å²) >= 11 is 0. The first-order chi connectivity index (χ1) is 20.3. The molecule has 1 N–H and O–H groups in total. The van der Waals surface area contributed by atoms with Gasteiger partial charge in [0.1, 0.15) is 11.5 Å². The molecule has 2 unspecified atom stereocenters. The standard InChI is InChI=1S/C32H42N4O6/c1-5-21(2)30-24-9-10-26(37)19-34(3)36(32(39)33-16-22-6-11-27(40-4)12-7-22)25(15-24)18-35(31(30)38)17-23-8-13-28-29(14-23)42-20-41-28/h6-8,11-14,21,24-25,30H,5,9-10,15-20H2,1-4H3,(H,33,39)/t21?,24?,25-,30-/m1/s1. The summed E-state index contributed by atoms with van der Waals surface area (Å²) in [5.74, 6) is 2.19. The molecule has 0 radical (unpaired) electrons. The second kappa shape index (κ2) is 13.0. The van der Waals surface area contributed by atoms with Crippen LogP contribution < -0.4 is 19.5 Å². The molecule has 2 aromatic carbocycles. The molecule has 2 bridgehead atoms. The Bertz CT molecular complexity index is 1280. The molecule has 2 fully saturated rings. The van der Waals surface area contributed by atoms with Gasteiger partial charge in [0, 0.05) is 39.0 Å². The molecule has 226 valence electrons. The van der Waals surface area contributed by atoms with Gasteiger partial charge in [-0.2, -0.15) is 0 Å². The van der Waals surface area contributed by atoms with Crippen LogP contribution in [0.2, 0.25) is 0 Å². The number of likely N-dealkylation sites (N-methyl/N-ethyl adjacent to an activating group) is 1. The Hall–Kier alpha value is -3.79. The van der Waals surface area contributed by atoms with Crippen LogP contribution in [0, 0.1) is 17.8 Å². The van der Waals surface area contributed by atoms with E-state index in [1.54, 1.807) is 24.2 Å². The smallest absolute Gasteiger partial charge is 0.332 e. The molecule has 0 spiro atoms. The van der Waals surface area contributed by atoms with Crippen molar-refractivity contribution in [3.63, 3.8) is 0 Å². The Morgan fingerprint density at radius 2 is 1.83 bits per heavy atom. The Balaban J connectivity index is 1.44. The van der Waals surface area contributed by atoms with Gasteiger partial charge in [-0.1, -0.05) is 38.5 Å². The highest BCUT2D eigenvalue weighted by Gasteiger charge is 2.44. The molecule has 10 heteroatoms. The number of nitrogens with zero attached hydrogens (tertiary/aromatic N) is 3. The summed E-state index contributed by atoms with van der Waals surface area (Å²) in [5.41, 5.74) is 1.88. The SMILES string of the molecule is CCC(C)[C@H]1C(=O)N(Cc2ccc3c(c2)OCO3)C[C@H]2CC1CCC(=O)CN(C)N2C(=O)NCc1ccc(OC)cc1. The van der Waals surface area contributed by atoms with E-state index in [4.69, 9.17) is 14.2 Å². The number of ketones is 1. The van der Waals surface area contributed by atoms with Gasteiger partial charge in [-0.15, -0.1) is 0 Å². The summed E-state index contributed by atoms with van der Waals surface area (Å²) in [7, 11) is 3.40. The number of amides is 3. The lowest BCUT2D eigenvalue weighted by molar-refractivity contribution is -0.140. The molecule has 3 heterocycles. The van der Waals surface area contributed by atoms with Crippen LogP contribution in [0.1, 0.15) is 50.7 Å². The van der Waals surface area contributed by atoms with Gasteiger partial charge in [0.2, 0.25) is 12.7 Å². The van der Waals surface area contributed by atoms with E-state index in [0.717, 1.165) is 23.3 Å². The lowest BCUT2D eigenvalue weighted by Gasteiger charge is -2.39. The number of hydrogen-bond donors (Lipinski definition) is 1. The lowest BCUT2D eigenvalue weighted by Crippen LogP contribution is -2.57. The van der Waals surface area contributed by atoms with Crippen LogP contribution in [0.3, 0.4) is 0 Å². The van der Waals surface area contributed by atoms with Gasteiger partial charge < -0.3 is 24.4 Å². The van der Waals surface area contributed by atoms with Gasteiger partial charge in [-0.3, -0.25) is 14.6 Å². The minimum absolute atomic E-state index is 0.00783. The van der Waals surface area contributed by atoms with Crippen molar-refractivity contribution in [2.24, 2.45) is 17.8 Å². The molecule has 5 rings (SSSR count). The fraction of sp³-hybridized carbons (Fsp3) is 0.531. The number of hydrazine groups is 1. The van der Waals surface area contributed by atoms with Crippen molar-refractivity contribution in [2.45, 2.75) is 58.7 Å². The van der Waals surface area contributed by atoms with Crippen molar-refractivity contribution in [2.75, 3.05) is 34.0 Å². The largest absolute Gasteiger partial charge is 0.497 e. The predicted molar refractivity (Wildman–Crippen MR) is 157 cm³/mol. The number of carbonyl (C=O) groups is 3. The molecule has 3 amide bonds. The maximum atomic E-state index is 14.3. The fourth-order valence-corrected chi connectivity index (χ4v) is 6.52. The number of benzene rings is 2. The average molecular weight is 579 g/mol. The van der Waals surface area contributed by atoms with Crippen LogP contribution in [-0.4, -0.2) is 72.7 Å². The van der Waals surface area contributed by atoms with Gasteiger partial charge in [0.15, 0.2) is 11.5 Å². The van der Waals surface area contributed by atoms with Crippen molar-refractivity contribution in [1.29, 1.82) is 0 Å². The first-order valence-electron chi connectivity index (χ1n) is 14.9. The zero-order valence-electron chi connectivity index (χ0n) is 25.0. The van der Waals surface area contributed by atoms with E-state index in [0.29, 0.717) is 50.4 Å². The third-order valence-electron chi connectivity index (χ3n) is 8.90. The number of methoxy groups -OCH3 is 1. The molecule has 2 aromatic rings. The number of fused-ring (bicyclic) bond motifs is 3. The van der Waals surface area contributed by atoms with Crippen molar-refractivity contribution in [1.82, 2.24) is 20.2 Å². The summed E-state index contributed by atoms with van der Waals surface area (Å²) in [4.78, 5) is 43.0. The van der Waals surface area contributed by atoms with E-state index in [1.165, 1.54) is 0 Å². The number of carbonyl (C=O) groups excluding carboxylic acids is 3. The molecular formula is C32H42N4O6. The van der Waals surface area contributed by atoms with Gasteiger partial charge in [0.05, 0.1) is 19.7 Å². The zero-order valence-corrected chi connectivity index (χ0v) is 25.0. The van der Waals surface area contributed by atoms with Gasteiger partial charge in [-0.05, 0) is 60.1 Å². The number of likely N-dealkylation sites (tertiary alicyclic amines) is 1. The predicted octanol–water partition coefficient (Wildman–Crippen LogP) is 4.22. The summed E-state index contributed by atoms with van der Waals surface area (Å²) in [6.45, 7) is 5.65. The third-order valence-corrected chi connectivity index (χ3v) is 8.90. The molecule has 0 aromatic heterocycles. The lowest BCUT2D eigenvalue weighted by atomic mass is 9.76. The number of Topliss-reactive ketones (excluding diaryl/α,β-unsaturated/α-hetero) is 1. The molecule has 0 aliphatic carbocycles. The zero-order chi connectivity index (χ0) is 29.8. The Morgan fingerprint density at radius 3 is 2.57 bits per heavy atom. The Morgan fingerprint density at radius 1 is 1.10 bits per heavy atom. The van der Waals surface area contributed by atoms with Crippen molar-refractivity contribution in [3.8, 4) is 17.2 Å². The summed E-state index contributed by atoms with van der Waals surface area (Å²) in [5, 5.41) is 6.46. The van der Waals surface area contributed by atoms with Gasteiger partial charge >= 0.3 is 6.03 Å². The van der Waals surface area contributed by atoms with Crippen LogP contribution in [0.15, 0.2) is 42.5 Å². The highest BCUT2D eigenvalue weighted by Crippen LogP contribution is 2.39. The van der Waals surface area contributed by atoms with Crippen LogP contribution in [0.4, 0.5) is 4.79 Å². The number of nitrogens with one attached hydrogen (secondary N) is 1. The number of ether oxygens (including phenoxy) is 3. The molecule has 42 heavy (non-hydrogen) atoms. The Kier molecular flexibility index (Phi) is 9.21. The minimum atomic E-state index is -0.297. The van der Waals surface area contributed by atoms with E-state index < -0.39 is 0 Å². The second-order valence-corrected chi connectivity index (χ2v) is 11.7. The van der Waals surface area contributed by atoms with E-state index >= 15 is 0 Å². The topological polar surface area (TPSA) is 101 Å². The molecular weight excluding hydrogens is 536 g/mol. The average Bonchev–Trinajstić information content (AvgIpc) is 3.42. The molecule has 3 aliphatic rings. The quantitative estimate of drug-likeness (QED) is 0.525. The highest BCUT2D eigenvalue weighted by atomic mass is 16.7. The first kappa shape index (κ1) is 29.7. The van der Waals surface area contributed by atoms with Crippen LogP contribution >= 0.6 is 0 Å². The molecule has 10 nitrogen and oxygen atoms in total. The minimum Gasteiger partial charge on any atom is -0.497 e. The van der Waals surface area contributed by atoms with E-state index in [2.05, 4.69) is 19.2 Å². The van der Waals surface area contributed by atoms with Crippen molar-refractivity contribution >= 4 is 17.7 Å². The van der Waals surface area contributed by atoms with Crippen LogP contribution in [0.25, 0.3) is 0 Å². The van der Waals surface area contributed by atoms with Crippen LogP contribution in [-0.2, 0) is 22.7 Å². The van der Waals surface area contributed by atoms with Crippen LogP contribution in [0.5, 0.6) is 17.2 Å². The molecule has 4 atom stereocenters. The molecule has 0 saturated carbocycles. The number of urea groups is 1. The number of hydrogen-bond acceptors (Lipinski definition) is 7. The molecule has 3 aliphatic heterocycles. The van der Waals surface area contributed by atoms with E-state index in [9.17, 15) is 14.4 Å². The monoisotopic (exact) mass is 578 g/mol. The Labute approximate surface area is 247 Å². The van der Waals surface area contributed by atoms with Crippen molar-refractivity contribution in [3.05, 3.63) is 53.6 Å². The third kappa shape index (κ3) is 6.48. The number of rotatable bonds is 7. The fourth-order valence-electron chi connectivity index (χ4n) is 6.52. The van der Waals surface area contributed by atoms with Crippen molar-refractivity contribution < 1.29 is 28.6 Å². The van der Waals surface area contributed by atoms with E-state index in [1.807, 2.05) is 47.4 Å². The summed E-state index contributed by atoms with van der Waals surface area (Å²) < 4.78 is 16.3. The van der Waals surface area contributed by atoms with Gasteiger partial charge in [-0.25, -0.2) is 9.80 Å². The summed E-state index contributed by atoms with van der Waals surface area (Å²) in [6, 6.07) is 12.7. The summed E-state index contributed by atoms with van der Waals surface area (Å²) in [6.07, 6.45) is 2.54. The normalized spacial score (nSPS) is 23.5. The first-order valence-corrected chi connectivity index (χ1v) is 14.9. The maximum Gasteiger partial charge on any atom is 0.332 e. The second-order valence-electron chi connectivity index (χ2n) is 11.7. The van der Waals surface area contributed by atoms with Gasteiger partial charge in [0.25, 0.3) is 0 Å². The highest BCUT2D eigenvalue weighted by molar-refractivity contribution is 5.83. The molecule has 2 saturated heterocycles. The maximum absolute atomic E-state index is 14.3. The van der Waals surface area contributed by atoms with E-state index in [-0.39, 0.29) is 54.9 Å².